The van der Waals surface area contributed by atoms with Crippen LogP contribution in [0.5, 0.6) is 0 Å². The van der Waals surface area contributed by atoms with Gasteiger partial charge in [-0.05, 0) is 31.9 Å². The molecule has 3 rings (SSSR count). The van der Waals surface area contributed by atoms with Crippen LogP contribution in [0.2, 0.25) is 0 Å². The quantitative estimate of drug-likeness (QED) is 0.890. The lowest BCUT2D eigenvalue weighted by Gasteiger charge is -2.18. The van der Waals surface area contributed by atoms with Crippen LogP contribution in [0.1, 0.15) is 36.3 Å². The third-order valence-electron chi connectivity index (χ3n) is 4.36. The van der Waals surface area contributed by atoms with E-state index in [-0.39, 0.29) is 6.10 Å². The van der Waals surface area contributed by atoms with Gasteiger partial charge < -0.3 is 10.1 Å². The Labute approximate surface area is 131 Å². The smallest absolute Gasteiger partial charge is 0.0896 e. The van der Waals surface area contributed by atoms with Crippen molar-refractivity contribution >= 4 is 0 Å². The Morgan fingerprint density at radius 1 is 1.45 bits per heavy atom. The van der Waals surface area contributed by atoms with Crippen molar-refractivity contribution in [1.29, 1.82) is 0 Å². The predicted molar refractivity (Wildman–Crippen MR) is 85.4 cm³/mol. The highest BCUT2D eigenvalue weighted by atomic mass is 16.5. The maximum Gasteiger partial charge on any atom is 0.0896 e. The van der Waals surface area contributed by atoms with Crippen LogP contribution in [0.3, 0.4) is 0 Å². The number of hydrogen-bond acceptors (Lipinski definition) is 4. The van der Waals surface area contributed by atoms with Crippen molar-refractivity contribution in [1.82, 2.24) is 20.1 Å². The summed E-state index contributed by atoms with van der Waals surface area (Å²) in [6.07, 6.45) is 7.15. The predicted octanol–water partition coefficient (Wildman–Crippen LogP) is 2.47. The Hall–Kier alpha value is -1.72. The van der Waals surface area contributed by atoms with Crippen LogP contribution in [0.4, 0.5) is 0 Å². The fourth-order valence-corrected chi connectivity index (χ4v) is 3.01. The summed E-state index contributed by atoms with van der Waals surface area (Å²) in [4.78, 5) is 4.33. The van der Waals surface area contributed by atoms with E-state index in [0.29, 0.717) is 5.92 Å². The Morgan fingerprint density at radius 2 is 2.36 bits per heavy atom. The Kier molecular flexibility index (Phi) is 4.85. The highest BCUT2D eigenvalue weighted by Crippen LogP contribution is 2.33. The summed E-state index contributed by atoms with van der Waals surface area (Å²) in [5.74, 6) is 0.506. The molecule has 5 nitrogen and oxygen atoms in total. The Bertz CT molecular complexity index is 610. The van der Waals surface area contributed by atoms with Gasteiger partial charge in [0.25, 0.3) is 0 Å². The molecule has 0 aromatic carbocycles. The highest BCUT2D eigenvalue weighted by molar-refractivity contribution is 5.18. The molecule has 2 aromatic rings. The fraction of sp³-hybridized carbons (Fsp3) is 0.529. The van der Waals surface area contributed by atoms with Gasteiger partial charge >= 0.3 is 0 Å². The molecule has 0 aliphatic carbocycles. The molecule has 0 bridgehead atoms. The molecule has 1 aliphatic rings. The van der Waals surface area contributed by atoms with Gasteiger partial charge in [0.15, 0.2) is 0 Å². The van der Waals surface area contributed by atoms with Gasteiger partial charge in [-0.1, -0.05) is 6.07 Å². The monoisotopic (exact) mass is 300 g/mol. The molecule has 2 aromatic heterocycles. The van der Waals surface area contributed by atoms with Crippen LogP contribution < -0.4 is 5.32 Å². The lowest BCUT2D eigenvalue weighted by molar-refractivity contribution is 0.0903. The van der Waals surface area contributed by atoms with Gasteiger partial charge in [-0.15, -0.1) is 0 Å². The van der Waals surface area contributed by atoms with Crippen LogP contribution in [-0.4, -0.2) is 27.9 Å². The average molecular weight is 300 g/mol. The van der Waals surface area contributed by atoms with Crippen LogP contribution in [0.25, 0.3) is 0 Å². The minimum atomic E-state index is 0.169. The van der Waals surface area contributed by atoms with Crippen molar-refractivity contribution in [2.75, 3.05) is 13.2 Å². The first-order chi connectivity index (χ1) is 10.8. The molecule has 118 valence electrons. The van der Waals surface area contributed by atoms with Crippen molar-refractivity contribution in [2.24, 2.45) is 5.92 Å². The molecule has 0 radical (unpaired) electrons. The summed E-state index contributed by atoms with van der Waals surface area (Å²) in [5.41, 5.74) is 3.55. The van der Waals surface area contributed by atoms with E-state index in [2.05, 4.69) is 41.5 Å². The molecule has 1 saturated heterocycles. The van der Waals surface area contributed by atoms with E-state index in [9.17, 15) is 0 Å². The van der Waals surface area contributed by atoms with Crippen molar-refractivity contribution in [2.45, 2.75) is 39.5 Å². The van der Waals surface area contributed by atoms with Crippen LogP contribution in [0, 0.1) is 12.8 Å². The Morgan fingerprint density at radius 3 is 3.14 bits per heavy atom. The molecule has 0 saturated carbocycles. The molecule has 22 heavy (non-hydrogen) atoms. The van der Waals surface area contributed by atoms with E-state index in [1.165, 1.54) is 11.1 Å². The number of pyridine rings is 1. The third kappa shape index (κ3) is 3.36. The molecule has 2 atom stereocenters. The molecular formula is C17H24N4O. The number of aryl methyl sites for hydroxylation is 2. The van der Waals surface area contributed by atoms with E-state index in [1.807, 2.05) is 23.1 Å². The second-order valence-electron chi connectivity index (χ2n) is 5.85. The van der Waals surface area contributed by atoms with Gasteiger partial charge in [0.1, 0.15) is 0 Å². The number of ether oxygens (including phenoxy) is 1. The fourth-order valence-electron chi connectivity index (χ4n) is 3.01. The number of nitrogens with zero attached hydrogens (tertiary/aromatic N) is 3. The zero-order valence-corrected chi connectivity index (χ0v) is 13.3. The third-order valence-corrected chi connectivity index (χ3v) is 4.36. The summed E-state index contributed by atoms with van der Waals surface area (Å²) in [6, 6.07) is 4.12. The second-order valence-corrected chi connectivity index (χ2v) is 5.85. The van der Waals surface area contributed by atoms with Gasteiger partial charge in [0.05, 0.1) is 12.3 Å². The lowest BCUT2D eigenvalue weighted by atomic mass is 9.97. The SMILES string of the molecule is CCn1cc([C@@H]2OCC[C@H]2CNCc2cccnc2C)cn1. The first-order valence-corrected chi connectivity index (χ1v) is 8.03. The molecule has 0 spiro atoms. The summed E-state index contributed by atoms with van der Waals surface area (Å²) in [5, 5.41) is 7.92. The number of hydrogen-bond donors (Lipinski definition) is 1. The van der Waals surface area contributed by atoms with Crippen LogP contribution >= 0.6 is 0 Å². The van der Waals surface area contributed by atoms with E-state index >= 15 is 0 Å². The zero-order chi connectivity index (χ0) is 15.4. The van der Waals surface area contributed by atoms with Gasteiger partial charge in [0.2, 0.25) is 0 Å². The summed E-state index contributed by atoms with van der Waals surface area (Å²) < 4.78 is 7.89. The topological polar surface area (TPSA) is 52.0 Å². The first-order valence-electron chi connectivity index (χ1n) is 8.03. The van der Waals surface area contributed by atoms with Crippen molar-refractivity contribution in [3.05, 3.63) is 47.5 Å². The molecular weight excluding hydrogens is 276 g/mol. The van der Waals surface area contributed by atoms with E-state index in [0.717, 1.165) is 38.4 Å². The van der Waals surface area contributed by atoms with E-state index < -0.39 is 0 Å². The number of nitrogens with one attached hydrogen (secondary N) is 1. The molecule has 1 N–H and O–H groups in total. The van der Waals surface area contributed by atoms with Crippen LogP contribution in [0.15, 0.2) is 30.7 Å². The first kappa shape index (κ1) is 15.2. The van der Waals surface area contributed by atoms with E-state index in [4.69, 9.17) is 4.74 Å². The lowest BCUT2D eigenvalue weighted by Crippen LogP contribution is -2.24. The standard InChI is InChI=1S/C17H24N4O/c1-3-21-12-16(11-20-21)17-15(6-8-22-17)10-18-9-14-5-4-7-19-13(14)2/h4-5,7,11-12,15,17-18H,3,6,8-10H2,1-2H3/t15-,17+/m0/s1. The van der Waals surface area contributed by atoms with Gasteiger partial charge in [-0.25, -0.2) is 0 Å². The molecule has 5 heteroatoms. The van der Waals surface area contributed by atoms with Crippen molar-refractivity contribution in [3.63, 3.8) is 0 Å². The summed E-state index contributed by atoms with van der Waals surface area (Å²) in [6.45, 7) is 7.70. The number of aromatic nitrogens is 3. The average Bonchev–Trinajstić information content (AvgIpc) is 3.17. The molecule has 1 aliphatic heterocycles. The van der Waals surface area contributed by atoms with E-state index in [1.54, 1.807) is 0 Å². The minimum Gasteiger partial charge on any atom is -0.373 e. The molecule has 1 fully saturated rings. The summed E-state index contributed by atoms with van der Waals surface area (Å²) in [7, 11) is 0. The maximum absolute atomic E-state index is 5.93. The molecule has 0 unspecified atom stereocenters. The number of rotatable bonds is 6. The maximum atomic E-state index is 5.93. The van der Waals surface area contributed by atoms with Crippen molar-refractivity contribution < 1.29 is 4.74 Å². The van der Waals surface area contributed by atoms with Gasteiger partial charge in [-0.3, -0.25) is 9.67 Å². The van der Waals surface area contributed by atoms with Gasteiger partial charge in [-0.2, -0.15) is 5.10 Å². The molecule has 3 heterocycles. The Balaban J connectivity index is 1.56. The molecule has 0 amide bonds. The van der Waals surface area contributed by atoms with Crippen molar-refractivity contribution in [3.8, 4) is 0 Å². The minimum absolute atomic E-state index is 0.169. The van der Waals surface area contributed by atoms with Gasteiger partial charge in [0, 0.05) is 55.8 Å². The van der Waals surface area contributed by atoms with Crippen LogP contribution in [-0.2, 0) is 17.8 Å². The normalized spacial score (nSPS) is 21.4. The largest absolute Gasteiger partial charge is 0.373 e. The second kappa shape index (κ2) is 7.03. The summed E-state index contributed by atoms with van der Waals surface area (Å²) >= 11 is 0. The highest BCUT2D eigenvalue weighted by Gasteiger charge is 2.30. The zero-order valence-electron chi connectivity index (χ0n) is 13.3.